The van der Waals surface area contributed by atoms with Gasteiger partial charge in [-0.15, -0.1) is 0 Å². The molecule has 0 bridgehead atoms. The summed E-state index contributed by atoms with van der Waals surface area (Å²) in [5, 5.41) is 19.1. The number of pyridine rings is 1. The number of nitrogens with zero attached hydrogens (tertiary/aromatic N) is 1. The first-order valence-corrected chi connectivity index (χ1v) is 12.2. The predicted octanol–water partition coefficient (Wildman–Crippen LogP) is 5.29. The Morgan fingerprint density at radius 1 is 1.17 bits per heavy atom. The van der Waals surface area contributed by atoms with Crippen LogP contribution in [0, 0.1) is 24.6 Å². The highest BCUT2D eigenvalue weighted by Gasteiger charge is 2.59. The smallest absolute Gasteiger partial charge is 0.307 e. The molecular formula is C29H30FNO5. The number of carbonyl (C=O) groups is 1. The SMILES string of the molecule is Cc1cc(F)c(COc2cc3c(cn2)[C@H]2[C@@H](C3)[C@@H]2C(=O)O)cc1-c1ccc(OCCC(C)(C)O)cc1. The van der Waals surface area contributed by atoms with Gasteiger partial charge in [-0.25, -0.2) is 9.37 Å². The second kappa shape index (κ2) is 9.21. The number of hydrogen-bond acceptors (Lipinski definition) is 5. The number of hydrogen-bond donors (Lipinski definition) is 2. The fourth-order valence-electron chi connectivity index (χ4n) is 5.12. The molecule has 1 fully saturated rings. The zero-order valence-electron chi connectivity index (χ0n) is 20.6. The van der Waals surface area contributed by atoms with E-state index in [9.17, 15) is 19.4 Å². The van der Waals surface area contributed by atoms with Crippen LogP contribution in [0.25, 0.3) is 11.1 Å². The lowest BCUT2D eigenvalue weighted by molar-refractivity contribution is -0.139. The van der Waals surface area contributed by atoms with Crippen LogP contribution in [0.5, 0.6) is 11.6 Å². The van der Waals surface area contributed by atoms with Gasteiger partial charge >= 0.3 is 5.97 Å². The van der Waals surface area contributed by atoms with Gasteiger partial charge in [0.15, 0.2) is 0 Å². The molecule has 36 heavy (non-hydrogen) atoms. The van der Waals surface area contributed by atoms with Gasteiger partial charge in [0.1, 0.15) is 18.2 Å². The minimum absolute atomic E-state index is 0.0354. The van der Waals surface area contributed by atoms with E-state index in [1.165, 1.54) is 6.07 Å². The number of ether oxygens (including phenoxy) is 2. The normalized spacial score (nSPS) is 20.0. The fourth-order valence-corrected chi connectivity index (χ4v) is 5.12. The van der Waals surface area contributed by atoms with E-state index in [4.69, 9.17) is 9.47 Å². The first-order chi connectivity index (χ1) is 17.1. The lowest BCUT2D eigenvalue weighted by Gasteiger charge is -2.17. The van der Waals surface area contributed by atoms with Crippen molar-refractivity contribution in [1.29, 1.82) is 0 Å². The molecule has 1 saturated carbocycles. The lowest BCUT2D eigenvalue weighted by Crippen LogP contribution is -2.21. The van der Waals surface area contributed by atoms with Gasteiger partial charge in [-0.1, -0.05) is 12.1 Å². The topological polar surface area (TPSA) is 88.9 Å². The molecule has 3 atom stereocenters. The first kappa shape index (κ1) is 24.3. The highest BCUT2D eigenvalue weighted by atomic mass is 19.1. The Balaban J connectivity index is 1.26. The maximum atomic E-state index is 14.7. The van der Waals surface area contributed by atoms with E-state index in [0.717, 1.165) is 34.2 Å². The third kappa shape index (κ3) is 4.93. The summed E-state index contributed by atoms with van der Waals surface area (Å²) >= 11 is 0. The van der Waals surface area contributed by atoms with Crippen molar-refractivity contribution in [3.63, 3.8) is 0 Å². The number of aromatic nitrogens is 1. The molecule has 2 N–H and O–H groups in total. The monoisotopic (exact) mass is 491 g/mol. The number of aryl methyl sites for hydroxylation is 1. The molecule has 7 heteroatoms. The molecule has 0 spiro atoms. The van der Waals surface area contributed by atoms with Crippen LogP contribution in [-0.4, -0.2) is 33.4 Å². The maximum Gasteiger partial charge on any atom is 0.307 e. The molecule has 2 aromatic carbocycles. The van der Waals surface area contributed by atoms with Gasteiger partial charge in [0.2, 0.25) is 5.88 Å². The van der Waals surface area contributed by atoms with E-state index in [2.05, 4.69) is 4.98 Å². The minimum Gasteiger partial charge on any atom is -0.493 e. The highest BCUT2D eigenvalue weighted by Crippen LogP contribution is 2.61. The van der Waals surface area contributed by atoms with E-state index < -0.39 is 11.6 Å². The molecule has 0 unspecified atom stereocenters. The largest absolute Gasteiger partial charge is 0.493 e. The van der Waals surface area contributed by atoms with Crippen LogP contribution in [0.15, 0.2) is 48.7 Å². The number of aliphatic carboxylic acids is 1. The molecule has 2 aliphatic rings. The van der Waals surface area contributed by atoms with Crippen LogP contribution in [0.3, 0.4) is 0 Å². The molecule has 0 radical (unpaired) electrons. The van der Waals surface area contributed by atoms with E-state index in [-0.39, 0.29) is 30.2 Å². The van der Waals surface area contributed by atoms with Crippen LogP contribution >= 0.6 is 0 Å². The fraction of sp³-hybridized carbons (Fsp3) is 0.379. The summed E-state index contributed by atoms with van der Waals surface area (Å²) < 4.78 is 26.3. The predicted molar refractivity (Wildman–Crippen MR) is 133 cm³/mol. The average Bonchev–Trinajstić information content (AvgIpc) is 3.41. The third-order valence-corrected chi connectivity index (χ3v) is 7.18. The van der Waals surface area contributed by atoms with Crippen LogP contribution in [-0.2, 0) is 17.8 Å². The van der Waals surface area contributed by atoms with Gasteiger partial charge in [0, 0.05) is 30.2 Å². The van der Waals surface area contributed by atoms with Gasteiger partial charge in [0.25, 0.3) is 0 Å². The number of halogens is 1. The van der Waals surface area contributed by atoms with Crippen molar-refractivity contribution < 1.29 is 28.9 Å². The van der Waals surface area contributed by atoms with Crippen molar-refractivity contribution in [3.05, 3.63) is 76.7 Å². The van der Waals surface area contributed by atoms with Crippen LogP contribution in [0.2, 0.25) is 0 Å². The quantitative estimate of drug-likeness (QED) is 0.423. The highest BCUT2D eigenvalue weighted by molar-refractivity contribution is 5.77. The number of rotatable bonds is 9. The molecule has 5 rings (SSSR count). The van der Waals surface area contributed by atoms with E-state index in [1.54, 1.807) is 26.1 Å². The van der Waals surface area contributed by atoms with Crippen molar-refractivity contribution in [2.75, 3.05) is 6.61 Å². The molecule has 1 heterocycles. The number of carboxylic acids is 1. The number of aliphatic hydroxyl groups is 1. The maximum absolute atomic E-state index is 14.7. The molecule has 1 aromatic heterocycles. The van der Waals surface area contributed by atoms with Gasteiger partial charge in [-0.05, 0) is 85.2 Å². The van der Waals surface area contributed by atoms with Crippen molar-refractivity contribution in [3.8, 4) is 22.8 Å². The number of benzene rings is 2. The standard InChI is InChI=1S/C29H30FNO5/c1-16-10-24(30)19(12-21(16)17-4-6-20(7-5-17)35-9-8-29(2,3)34)15-36-25-13-18-11-22-26(23(18)14-31-25)27(22)28(32)33/h4-7,10,12-14,22,26-27,34H,8-9,11,15H2,1-3H3,(H,32,33)/t22-,26-,27+/m1/s1. The van der Waals surface area contributed by atoms with E-state index in [0.29, 0.717) is 30.2 Å². The summed E-state index contributed by atoms with van der Waals surface area (Å²) in [5.41, 5.74) is 4.37. The second-order valence-corrected chi connectivity index (χ2v) is 10.5. The second-order valence-electron chi connectivity index (χ2n) is 10.5. The zero-order valence-corrected chi connectivity index (χ0v) is 20.6. The van der Waals surface area contributed by atoms with Crippen molar-refractivity contribution in [1.82, 2.24) is 4.98 Å². The van der Waals surface area contributed by atoms with E-state index in [1.807, 2.05) is 37.3 Å². The summed E-state index contributed by atoms with van der Waals surface area (Å²) in [6.45, 7) is 5.81. The van der Waals surface area contributed by atoms with Gasteiger partial charge in [0.05, 0.1) is 18.1 Å². The molecule has 3 aromatic rings. The summed E-state index contributed by atoms with van der Waals surface area (Å²) in [6.07, 6.45) is 2.95. The summed E-state index contributed by atoms with van der Waals surface area (Å²) in [7, 11) is 0. The summed E-state index contributed by atoms with van der Waals surface area (Å²) in [4.78, 5) is 15.6. The first-order valence-electron chi connectivity index (χ1n) is 12.2. The molecule has 0 saturated heterocycles. The number of fused-ring (bicyclic) bond motifs is 3. The van der Waals surface area contributed by atoms with Crippen molar-refractivity contribution in [2.45, 2.75) is 51.7 Å². The van der Waals surface area contributed by atoms with Crippen LogP contribution in [0.1, 0.15) is 48.4 Å². The Morgan fingerprint density at radius 2 is 1.92 bits per heavy atom. The van der Waals surface area contributed by atoms with Gasteiger partial charge in [-0.2, -0.15) is 0 Å². The summed E-state index contributed by atoms with van der Waals surface area (Å²) in [5.74, 6) is -0.0275. The van der Waals surface area contributed by atoms with Crippen molar-refractivity contribution in [2.24, 2.45) is 11.8 Å². The molecule has 188 valence electrons. The third-order valence-electron chi connectivity index (χ3n) is 7.18. The molecule has 0 amide bonds. The summed E-state index contributed by atoms with van der Waals surface area (Å²) in [6, 6.07) is 12.8. The Hall–Kier alpha value is -3.45. The van der Waals surface area contributed by atoms with Gasteiger partial charge in [-0.3, -0.25) is 4.79 Å². The van der Waals surface area contributed by atoms with Gasteiger partial charge < -0.3 is 19.7 Å². The Kier molecular flexibility index (Phi) is 6.20. The van der Waals surface area contributed by atoms with E-state index >= 15 is 0 Å². The Morgan fingerprint density at radius 3 is 2.61 bits per heavy atom. The van der Waals surface area contributed by atoms with Crippen LogP contribution < -0.4 is 9.47 Å². The Labute approximate surface area is 209 Å². The zero-order chi connectivity index (χ0) is 25.6. The average molecular weight is 492 g/mol. The van der Waals surface area contributed by atoms with Crippen LogP contribution in [0.4, 0.5) is 4.39 Å². The van der Waals surface area contributed by atoms with Crippen molar-refractivity contribution >= 4 is 5.97 Å². The molecule has 2 aliphatic carbocycles. The Bertz CT molecular complexity index is 1300. The lowest BCUT2D eigenvalue weighted by atomic mass is 9.98. The molecular weight excluding hydrogens is 461 g/mol. The molecule has 6 nitrogen and oxygen atoms in total. The molecule has 0 aliphatic heterocycles. The number of carboxylic acid groups (broad SMARTS) is 1. The minimum atomic E-state index is -0.775.